The maximum atomic E-state index is 11.3. The number of rotatable bonds is 0. The third-order valence-electron chi connectivity index (χ3n) is 2.95. The Kier molecular flexibility index (Phi) is 1.47. The Bertz CT molecular complexity index is 271. The van der Waals surface area contributed by atoms with Gasteiger partial charge < -0.3 is 0 Å². The van der Waals surface area contributed by atoms with Crippen molar-refractivity contribution in [2.45, 2.75) is 26.7 Å². The first kappa shape index (κ1) is 7.71. The van der Waals surface area contributed by atoms with Gasteiger partial charge in [0.1, 0.15) is 0 Å². The van der Waals surface area contributed by atoms with Crippen LogP contribution in [0.5, 0.6) is 0 Å². The van der Waals surface area contributed by atoms with Crippen molar-refractivity contribution in [3.05, 3.63) is 11.1 Å². The molecule has 0 aromatic carbocycles. The normalized spacial score (nSPS) is 33.3. The van der Waals surface area contributed by atoms with Gasteiger partial charge in [-0.15, -0.1) is 0 Å². The van der Waals surface area contributed by atoms with Crippen LogP contribution in [0.4, 0.5) is 0 Å². The zero-order valence-corrected chi connectivity index (χ0v) is 7.39. The molecule has 2 rings (SSSR count). The van der Waals surface area contributed by atoms with Gasteiger partial charge in [-0.3, -0.25) is 9.59 Å². The van der Waals surface area contributed by atoms with Gasteiger partial charge in [0.25, 0.3) is 0 Å². The Morgan fingerprint density at radius 3 is 1.75 bits per heavy atom. The topological polar surface area (TPSA) is 34.1 Å². The quantitative estimate of drug-likeness (QED) is 0.401. The van der Waals surface area contributed by atoms with Crippen molar-refractivity contribution in [3.8, 4) is 0 Å². The summed E-state index contributed by atoms with van der Waals surface area (Å²) >= 11 is 0. The van der Waals surface area contributed by atoms with Crippen LogP contribution in [0.25, 0.3) is 0 Å². The first-order valence-corrected chi connectivity index (χ1v) is 4.38. The lowest BCUT2D eigenvalue weighted by Crippen LogP contribution is -2.20. The lowest BCUT2D eigenvalue weighted by molar-refractivity contribution is -0.138. The van der Waals surface area contributed by atoms with Crippen molar-refractivity contribution in [1.29, 1.82) is 0 Å². The van der Waals surface area contributed by atoms with Crippen molar-refractivity contribution in [3.63, 3.8) is 0 Å². The molecule has 0 aliphatic heterocycles. The first-order chi connectivity index (χ1) is 5.63. The number of fused-ring (bicyclic) bond motifs is 2. The highest BCUT2D eigenvalue weighted by atomic mass is 16.2. The Morgan fingerprint density at radius 1 is 1.08 bits per heavy atom. The molecule has 0 spiro atoms. The summed E-state index contributed by atoms with van der Waals surface area (Å²) in [6.07, 6.45) is 1.80. The SMILES string of the molecule is CC(C)=C1[C@@H]2CC[C@H]1C(=O)C2=O. The molecule has 0 N–H and O–H groups in total. The molecule has 0 heterocycles. The second-order valence-electron chi connectivity index (χ2n) is 3.87. The molecule has 12 heavy (non-hydrogen) atoms. The highest BCUT2D eigenvalue weighted by Gasteiger charge is 2.50. The van der Waals surface area contributed by atoms with Crippen molar-refractivity contribution in [2.24, 2.45) is 11.8 Å². The Balaban J connectivity index is 2.51. The molecule has 0 saturated heterocycles. The van der Waals surface area contributed by atoms with E-state index in [1.165, 1.54) is 5.57 Å². The van der Waals surface area contributed by atoms with Gasteiger partial charge in [-0.1, -0.05) is 5.57 Å². The molecular formula is C10H12O2. The first-order valence-electron chi connectivity index (χ1n) is 4.38. The third-order valence-corrected chi connectivity index (χ3v) is 2.95. The summed E-state index contributed by atoms with van der Waals surface area (Å²) in [5.41, 5.74) is 2.30. The zero-order chi connectivity index (χ0) is 8.88. The molecule has 2 atom stereocenters. The third kappa shape index (κ3) is 0.752. The number of hydrogen-bond donors (Lipinski definition) is 0. The fourth-order valence-corrected chi connectivity index (χ4v) is 2.47. The van der Waals surface area contributed by atoms with Gasteiger partial charge in [-0.2, -0.15) is 0 Å². The Morgan fingerprint density at radius 2 is 1.50 bits per heavy atom. The average molecular weight is 164 g/mol. The van der Waals surface area contributed by atoms with Crippen LogP contribution < -0.4 is 0 Å². The van der Waals surface area contributed by atoms with Gasteiger partial charge in [0.05, 0.1) is 0 Å². The zero-order valence-electron chi connectivity index (χ0n) is 7.39. The number of carbonyl (C=O) groups is 2. The van der Waals surface area contributed by atoms with Gasteiger partial charge >= 0.3 is 0 Å². The van der Waals surface area contributed by atoms with Gasteiger partial charge in [0.15, 0.2) is 0 Å². The molecule has 2 aliphatic rings. The fraction of sp³-hybridized carbons (Fsp3) is 0.600. The molecule has 0 radical (unpaired) electrons. The number of allylic oxidation sites excluding steroid dienone is 2. The largest absolute Gasteiger partial charge is 0.290 e. The molecule has 2 saturated carbocycles. The van der Waals surface area contributed by atoms with Crippen LogP contribution >= 0.6 is 0 Å². The van der Waals surface area contributed by atoms with Crippen LogP contribution in [-0.2, 0) is 9.59 Å². The minimum Gasteiger partial charge on any atom is -0.290 e. The maximum absolute atomic E-state index is 11.3. The molecule has 0 aromatic rings. The lowest BCUT2D eigenvalue weighted by atomic mass is 9.98. The summed E-state index contributed by atoms with van der Waals surface area (Å²) in [5, 5.41) is 0. The van der Waals surface area contributed by atoms with Crippen LogP contribution in [0.15, 0.2) is 11.1 Å². The van der Waals surface area contributed by atoms with E-state index in [1.54, 1.807) is 0 Å². The highest BCUT2D eigenvalue weighted by Crippen LogP contribution is 2.45. The molecule has 0 amide bonds. The van der Waals surface area contributed by atoms with E-state index in [9.17, 15) is 9.59 Å². The molecule has 2 bridgehead atoms. The molecule has 64 valence electrons. The summed E-state index contributed by atoms with van der Waals surface area (Å²) in [6, 6.07) is 0. The van der Waals surface area contributed by atoms with Crippen LogP contribution in [0.1, 0.15) is 26.7 Å². The van der Waals surface area contributed by atoms with E-state index in [4.69, 9.17) is 0 Å². The van der Waals surface area contributed by atoms with Gasteiger partial charge in [0, 0.05) is 11.8 Å². The van der Waals surface area contributed by atoms with Crippen molar-refractivity contribution in [2.75, 3.05) is 0 Å². The van der Waals surface area contributed by atoms with E-state index in [1.807, 2.05) is 13.8 Å². The van der Waals surface area contributed by atoms with E-state index in [-0.39, 0.29) is 23.4 Å². The summed E-state index contributed by atoms with van der Waals surface area (Å²) in [4.78, 5) is 22.6. The van der Waals surface area contributed by atoms with Crippen molar-refractivity contribution < 1.29 is 9.59 Å². The molecule has 2 nitrogen and oxygen atoms in total. The molecule has 2 aliphatic carbocycles. The van der Waals surface area contributed by atoms with Crippen LogP contribution in [-0.4, -0.2) is 11.6 Å². The lowest BCUT2D eigenvalue weighted by Gasteiger charge is -2.02. The van der Waals surface area contributed by atoms with Gasteiger partial charge in [-0.25, -0.2) is 0 Å². The molecule has 2 heteroatoms. The number of hydrogen-bond acceptors (Lipinski definition) is 2. The van der Waals surface area contributed by atoms with E-state index in [0.717, 1.165) is 18.4 Å². The van der Waals surface area contributed by atoms with Crippen molar-refractivity contribution >= 4 is 11.6 Å². The summed E-state index contributed by atoms with van der Waals surface area (Å²) in [6.45, 7) is 3.99. The van der Waals surface area contributed by atoms with Gasteiger partial charge in [-0.05, 0) is 32.3 Å². The number of Topliss-reactive ketones (excluding diaryl/α,β-unsaturated/α-hetero) is 2. The second-order valence-corrected chi connectivity index (χ2v) is 3.87. The average Bonchev–Trinajstić information content (AvgIpc) is 2.51. The van der Waals surface area contributed by atoms with Crippen LogP contribution in [0.2, 0.25) is 0 Å². The summed E-state index contributed by atoms with van der Waals surface area (Å²) in [5.74, 6) is -0.343. The molecule has 0 aromatic heterocycles. The molecular weight excluding hydrogens is 152 g/mol. The number of carbonyl (C=O) groups excluding carboxylic acids is 2. The monoisotopic (exact) mass is 164 g/mol. The Hall–Kier alpha value is -0.920. The summed E-state index contributed by atoms with van der Waals surface area (Å²) < 4.78 is 0. The predicted molar refractivity (Wildman–Crippen MR) is 44.6 cm³/mol. The standard InChI is InChI=1S/C10H12O2/c1-5(2)8-6-3-4-7(8)10(12)9(6)11/h6-7H,3-4H2,1-2H3/t6-,7+. The second kappa shape index (κ2) is 2.28. The van der Waals surface area contributed by atoms with Crippen LogP contribution in [0, 0.1) is 11.8 Å². The maximum Gasteiger partial charge on any atom is 0.206 e. The minimum atomic E-state index is -0.137. The van der Waals surface area contributed by atoms with E-state index >= 15 is 0 Å². The minimum absolute atomic E-state index is 0.0347. The number of ketones is 2. The predicted octanol–water partition coefficient (Wildman–Crippen LogP) is 1.50. The van der Waals surface area contributed by atoms with Gasteiger partial charge in [0.2, 0.25) is 11.6 Å². The van der Waals surface area contributed by atoms with Crippen molar-refractivity contribution in [1.82, 2.24) is 0 Å². The Labute approximate surface area is 71.6 Å². The summed E-state index contributed by atoms with van der Waals surface area (Å²) in [7, 11) is 0. The molecule has 0 unspecified atom stereocenters. The smallest absolute Gasteiger partial charge is 0.206 e. The van der Waals surface area contributed by atoms with E-state index < -0.39 is 0 Å². The fourth-order valence-electron chi connectivity index (χ4n) is 2.47. The van der Waals surface area contributed by atoms with E-state index in [2.05, 4.69) is 0 Å². The van der Waals surface area contributed by atoms with E-state index in [0.29, 0.717) is 0 Å². The highest BCUT2D eigenvalue weighted by molar-refractivity contribution is 6.43. The molecule has 2 fully saturated rings. The van der Waals surface area contributed by atoms with Crippen LogP contribution in [0.3, 0.4) is 0 Å².